The van der Waals surface area contributed by atoms with Crippen LogP contribution in [0.1, 0.15) is 38.5 Å². The molecule has 1 aromatic heterocycles. The fraction of sp³-hybridized carbons (Fsp3) is 0.433. The molecule has 1 heterocycles. The molecule has 0 fully saturated rings. The number of carbonyl (C=O) groups excluding carboxylic acids is 6. The Morgan fingerprint density at radius 3 is 1.02 bits per heavy atom. The fourth-order valence-corrected chi connectivity index (χ4v) is 4.65. The third kappa shape index (κ3) is 18.2. The number of H-pyrrole nitrogens is 1. The van der Waals surface area contributed by atoms with Crippen molar-refractivity contribution in [3.05, 3.63) is 32.9 Å². The highest BCUT2D eigenvalue weighted by atomic mass is 19.1. The van der Waals surface area contributed by atoms with Crippen LogP contribution in [0.3, 0.4) is 0 Å². The van der Waals surface area contributed by atoms with E-state index in [9.17, 15) is 107 Å². The molecule has 6 atom stereocenters. The zero-order valence-electron chi connectivity index (χ0n) is 30.6. The predicted molar refractivity (Wildman–Crippen MR) is 184 cm³/mol. The molecule has 0 aliphatic rings. The molecular formula is C30H35FN8O22. The average Bonchev–Trinajstić information content (AvgIpc) is 3.10. The average molecular weight is 879 g/mol. The third-order valence-corrected chi connectivity index (χ3v) is 7.35. The van der Waals surface area contributed by atoms with E-state index >= 15 is 0 Å². The van der Waals surface area contributed by atoms with Crippen molar-refractivity contribution in [3.63, 3.8) is 0 Å². The molecule has 0 aliphatic heterocycles. The highest BCUT2D eigenvalue weighted by Crippen LogP contribution is 2.05. The first-order valence-electron chi connectivity index (χ1n) is 16.5. The van der Waals surface area contributed by atoms with Crippen molar-refractivity contribution in [2.75, 3.05) is 0 Å². The minimum absolute atomic E-state index is 0.292. The maximum Gasteiger partial charge on any atom is 0.328 e. The zero-order chi connectivity index (χ0) is 46.9. The first-order chi connectivity index (χ1) is 28.2. The van der Waals surface area contributed by atoms with Crippen LogP contribution in [0.2, 0.25) is 0 Å². The number of carboxylic acid groups (broad SMARTS) is 7. The lowest BCUT2D eigenvalue weighted by molar-refractivity contribution is -0.148. The number of aliphatic carboxylic acids is 7. The summed E-state index contributed by atoms with van der Waals surface area (Å²) >= 11 is 0. The van der Waals surface area contributed by atoms with Crippen LogP contribution < -0.4 is 43.1 Å². The van der Waals surface area contributed by atoms with Crippen molar-refractivity contribution < 1.29 is 102 Å². The van der Waals surface area contributed by atoms with Crippen LogP contribution in [0.25, 0.3) is 0 Å². The summed E-state index contributed by atoms with van der Waals surface area (Å²) in [6, 6.07) is -13.7. The molecular weight excluding hydrogens is 843 g/mol. The highest BCUT2D eigenvalue weighted by molar-refractivity contribution is 6.00. The summed E-state index contributed by atoms with van der Waals surface area (Å²) in [5.41, 5.74) is -2.77. The summed E-state index contributed by atoms with van der Waals surface area (Å²) in [5, 5.41) is 75.0. The Morgan fingerprint density at radius 1 is 0.475 bits per heavy atom. The van der Waals surface area contributed by atoms with Gasteiger partial charge in [-0.25, -0.2) is 9.59 Å². The van der Waals surface area contributed by atoms with Crippen molar-refractivity contribution in [2.45, 2.75) is 81.3 Å². The number of hydrogen-bond donors (Lipinski definition) is 14. The van der Waals surface area contributed by atoms with Gasteiger partial charge in [0.15, 0.2) is 0 Å². The maximum atomic E-state index is 13.6. The smallest absolute Gasteiger partial charge is 0.328 e. The molecule has 1 aromatic rings. The Hall–Kier alpha value is -8.28. The number of halogens is 1. The van der Waals surface area contributed by atoms with Crippen LogP contribution in [0.15, 0.2) is 15.8 Å². The quantitative estimate of drug-likeness (QED) is 0.0411. The van der Waals surface area contributed by atoms with E-state index in [0.29, 0.717) is 10.8 Å². The van der Waals surface area contributed by atoms with Gasteiger partial charge in [0.1, 0.15) is 42.8 Å². The van der Waals surface area contributed by atoms with Gasteiger partial charge < -0.3 is 67.6 Å². The van der Waals surface area contributed by atoms with E-state index in [4.69, 9.17) is 5.11 Å². The minimum atomic E-state index is -2.39. The standard InChI is InChI=1S/C30H35FN8O22/c31-9-7-39(30(61)38-23(9)53)8-16(40)32-10(1-17(41)42)24(54)33-11(2-18(43)44)25(55)34-12(3-19(45)46)26(56)35-13(4-20(47)48)27(57)36-14(5-21(49)50)28(58)37-15(29(59)60)6-22(51)52/h7,10-15H,1-6,8H2,(H,32,40)(H,33,54)(H,34,55)(H,35,56)(H,36,57)(H,37,58)(H,41,42)(H,43,44)(H,45,46)(H,47,48)(H,49,50)(H,51,52)(H,59,60)(H,38,53,61)/t10-,11-,12-,13-,14-,15-/m0/s1. The third-order valence-electron chi connectivity index (χ3n) is 7.35. The van der Waals surface area contributed by atoms with Gasteiger partial charge in [0.05, 0.1) is 44.7 Å². The van der Waals surface area contributed by atoms with Crippen molar-refractivity contribution >= 4 is 77.2 Å². The SMILES string of the molecule is O=C(O)C[C@H](NC(=O)[C@H](CC(=O)O)NC(=O)[C@H](CC(=O)O)NC(=O)[C@H](CC(=O)O)NC(=O)[C@H](CC(=O)O)NC(=O)[C@H](CC(=O)O)NC(=O)Cn1cc(F)c(=O)[nH]c1=O)C(=O)O. The van der Waals surface area contributed by atoms with Gasteiger partial charge in [0.25, 0.3) is 5.56 Å². The van der Waals surface area contributed by atoms with Gasteiger partial charge in [-0.3, -0.25) is 71.9 Å². The van der Waals surface area contributed by atoms with Crippen LogP contribution in [0, 0.1) is 5.82 Å². The van der Waals surface area contributed by atoms with Crippen LogP contribution >= 0.6 is 0 Å². The summed E-state index contributed by atoms with van der Waals surface area (Å²) in [7, 11) is 0. The van der Waals surface area contributed by atoms with Gasteiger partial charge in [0.2, 0.25) is 41.3 Å². The molecule has 0 bridgehead atoms. The number of rotatable bonds is 26. The number of carboxylic acids is 7. The Balaban J connectivity index is 3.37. The first kappa shape index (κ1) is 50.7. The van der Waals surface area contributed by atoms with Crippen LogP contribution in [-0.2, 0) is 68.9 Å². The topological polar surface area (TPSA) is 491 Å². The monoisotopic (exact) mass is 878 g/mol. The summed E-state index contributed by atoms with van der Waals surface area (Å²) < 4.78 is 13.9. The molecule has 6 amide bonds. The van der Waals surface area contributed by atoms with E-state index in [2.05, 4.69) is 0 Å². The zero-order valence-corrected chi connectivity index (χ0v) is 30.6. The highest BCUT2D eigenvalue weighted by Gasteiger charge is 2.36. The second-order valence-electron chi connectivity index (χ2n) is 12.2. The lowest BCUT2D eigenvalue weighted by atomic mass is 10.1. The van der Waals surface area contributed by atoms with Crippen molar-refractivity contribution in [1.29, 1.82) is 0 Å². The number of carbonyl (C=O) groups is 13. The Labute approximate surface area is 335 Å². The second-order valence-corrected chi connectivity index (χ2v) is 12.2. The lowest BCUT2D eigenvalue weighted by Gasteiger charge is -2.26. The number of nitrogens with zero attached hydrogens (tertiary/aromatic N) is 1. The van der Waals surface area contributed by atoms with Gasteiger partial charge in [-0.2, -0.15) is 4.39 Å². The van der Waals surface area contributed by atoms with Crippen molar-refractivity contribution in [2.24, 2.45) is 0 Å². The molecule has 0 radical (unpaired) electrons. The number of aromatic nitrogens is 2. The number of hydrogen-bond acceptors (Lipinski definition) is 15. The molecule has 0 unspecified atom stereocenters. The second kappa shape index (κ2) is 23.2. The molecule has 0 aromatic carbocycles. The minimum Gasteiger partial charge on any atom is -0.481 e. The lowest BCUT2D eigenvalue weighted by Crippen LogP contribution is -2.60. The molecule has 1 rings (SSSR count). The first-order valence-corrected chi connectivity index (χ1v) is 16.5. The van der Waals surface area contributed by atoms with Crippen molar-refractivity contribution in [1.82, 2.24) is 41.5 Å². The number of amides is 6. The van der Waals surface area contributed by atoms with E-state index < -0.39 is 176 Å². The molecule has 0 saturated heterocycles. The molecule has 334 valence electrons. The molecule has 0 aliphatic carbocycles. The molecule has 0 saturated carbocycles. The number of aromatic amines is 1. The van der Waals surface area contributed by atoms with Crippen LogP contribution in [0.5, 0.6) is 0 Å². The van der Waals surface area contributed by atoms with E-state index in [1.807, 2.05) is 5.32 Å². The van der Waals surface area contributed by atoms with Gasteiger partial charge in [0, 0.05) is 0 Å². The van der Waals surface area contributed by atoms with Crippen LogP contribution in [0.4, 0.5) is 4.39 Å². The largest absolute Gasteiger partial charge is 0.481 e. The van der Waals surface area contributed by atoms with Gasteiger partial charge >= 0.3 is 47.5 Å². The summed E-state index contributed by atoms with van der Waals surface area (Å²) in [5.74, 6) is -24.2. The van der Waals surface area contributed by atoms with Gasteiger partial charge in [-0.05, 0) is 0 Å². The molecule has 61 heavy (non-hydrogen) atoms. The molecule has 0 spiro atoms. The Morgan fingerprint density at radius 2 is 0.738 bits per heavy atom. The summed E-state index contributed by atoms with van der Waals surface area (Å²) in [6.07, 6.45) is -7.81. The van der Waals surface area contributed by atoms with Gasteiger partial charge in [-0.15, -0.1) is 0 Å². The number of nitrogens with one attached hydrogen (secondary N) is 7. The fourth-order valence-electron chi connectivity index (χ4n) is 4.65. The predicted octanol–water partition coefficient (Wildman–Crippen LogP) is -7.48. The summed E-state index contributed by atoms with van der Waals surface area (Å²) in [4.78, 5) is 182. The normalized spacial score (nSPS) is 13.5. The van der Waals surface area contributed by atoms with E-state index in [1.165, 1.54) is 4.98 Å². The summed E-state index contributed by atoms with van der Waals surface area (Å²) in [6.45, 7) is -1.13. The van der Waals surface area contributed by atoms with Crippen molar-refractivity contribution in [3.8, 4) is 0 Å². The molecule has 14 N–H and O–H groups in total. The Bertz CT molecular complexity index is 2080. The molecule has 31 heteroatoms. The Kier molecular flexibility index (Phi) is 19.3. The van der Waals surface area contributed by atoms with E-state index in [-0.39, 0.29) is 0 Å². The van der Waals surface area contributed by atoms with E-state index in [0.717, 1.165) is 0 Å². The van der Waals surface area contributed by atoms with E-state index in [1.54, 1.807) is 26.6 Å². The van der Waals surface area contributed by atoms with Crippen LogP contribution in [-0.4, -0.2) is 159 Å². The molecule has 30 nitrogen and oxygen atoms in total. The maximum absolute atomic E-state index is 13.6. The van der Waals surface area contributed by atoms with Gasteiger partial charge in [-0.1, -0.05) is 0 Å².